The van der Waals surface area contributed by atoms with Crippen LogP contribution in [0.4, 0.5) is 5.69 Å². The van der Waals surface area contributed by atoms with Crippen LogP contribution in [0.5, 0.6) is 0 Å². The van der Waals surface area contributed by atoms with Crippen LogP contribution in [0.2, 0.25) is 0 Å². The van der Waals surface area contributed by atoms with Crippen molar-refractivity contribution in [2.24, 2.45) is 0 Å². The second-order valence-electron chi connectivity index (χ2n) is 6.39. The normalized spacial score (nSPS) is 10.8. The lowest BCUT2D eigenvalue weighted by Gasteiger charge is -2.06. The van der Waals surface area contributed by atoms with Gasteiger partial charge in [-0.05, 0) is 18.6 Å². The van der Waals surface area contributed by atoms with Crippen LogP contribution in [-0.2, 0) is 17.0 Å². The molecule has 0 fully saturated rings. The smallest absolute Gasteiger partial charge is 0.231 e. The molecule has 0 spiro atoms. The number of aromatic amines is 1. The lowest BCUT2D eigenvalue weighted by atomic mass is 10.2. The summed E-state index contributed by atoms with van der Waals surface area (Å²) in [5, 5.41) is 13.6. The molecule has 0 atom stereocenters. The van der Waals surface area contributed by atoms with E-state index in [9.17, 15) is 4.79 Å². The zero-order valence-electron chi connectivity index (χ0n) is 15.8. The van der Waals surface area contributed by atoms with Crippen LogP contribution in [-0.4, -0.2) is 26.1 Å². The number of amides is 1. The summed E-state index contributed by atoms with van der Waals surface area (Å²) in [6.45, 7) is 1.97. The average Bonchev–Trinajstić information content (AvgIpc) is 3.38. The van der Waals surface area contributed by atoms with E-state index < -0.39 is 0 Å². The zero-order chi connectivity index (χ0) is 20.1. The van der Waals surface area contributed by atoms with Gasteiger partial charge in [-0.2, -0.15) is 0 Å². The standard InChI is InChI=1S/C21H19N5OS2/c1-14-7-5-6-10-17(14)23-18(27)11-19-22-16(12-28-19)13-29-21-24-20(25-26-21)15-8-3-2-4-9-15/h2-10,12H,11,13H2,1H3,(H,23,27)(H,24,25,26). The van der Waals surface area contributed by atoms with Crippen LogP contribution in [0, 0.1) is 6.92 Å². The van der Waals surface area contributed by atoms with Gasteiger partial charge in [0.1, 0.15) is 5.01 Å². The van der Waals surface area contributed by atoms with Crippen LogP contribution in [0.25, 0.3) is 11.4 Å². The van der Waals surface area contributed by atoms with Crippen LogP contribution < -0.4 is 5.32 Å². The van der Waals surface area contributed by atoms with Gasteiger partial charge in [-0.1, -0.05) is 60.3 Å². The van der Waals surface area contributed by atoms with E-state index in [1.165, 1.54) is 23.1 Å². The Kier molecular flexibility index (Phi) is 6.02. The SMILES string of the molecule is Cc1ccccc1NC(=O)Cc1nc(CSc2n[nH]c(-c3ccccc3)n2)cs1. The maximum atomic E-state index is 12.3. The van der Waals surface area contributed by atoms with Crippen molar-refractivity contribution >= 4 is 34.7 Å². The van der Waals surface area contributed by atoms with Crippen LogP contribution in [0.3, 0.4) is 0 Å². The summed E-state index contributed by atoms with van der Waals surface area (Å²) in [7, 11) is 0. The van der Waals surface area contributed by atoms with Gasteiger partial charge in [0.05, 0.1) is 12.1 Å². The third-order valence-corrected chi connectivity index (χ3v) is 5.97. The molecule has 2 N–H and O–H groups in total. The van der Waals surface area contributed by atoms with Crippen LogP contribution in [0.15, 0.2) is 65.1 Å². The van der Waals surface area contributed by atoms with Gasteiger partial charge in [-0.3, -0.25) is 9.89 Å². The van der Waals surface area contributed by atoms with Gasteiger partial charge >= 0.3 is 0 Å². The predicted molar refractivity (Wildman–Crippen MR) is 117 cm³/mol. The molecule has 2 aromatic carbocycles. The molecule has 0 aliphatic carbocycles. The van der Waals surface area contributed by atoms with Gasteiger partial charge in [0.15, 0.2) is 5.82 Å². The minimum Gasteiger partial charge on any atom is -0.325 e. The summed E-state index contributed by atoms with van der Waals surface area (Å²) < 4.78 is 0. The Balaban J connectivity index is 1.31. The van der Waals surface area contributed by atoms with E-state index in [0.717, 1.165) is 33.3 Å². The molecule has 4 aromatic rings. The van der Waals surface area contributed by atoms with Crippen LogP contribution >= 0.6 is 23.1 Å². The first kappa shape index (κ1) is 19.4. The van der Waals surface area contributed by atoms with Crippen molar-refractivity contribution in [1.29, 1.82) is 0 Å². The minimum absolute atomic E-state index is 0.0608. The Morgan fingerprint density at radius 1 is 1.10 bits per heavy atom. The van der Waals surface area contributed by atoms with Gasteiger partial charge in [0, 0.05) is 22.4 Å². The number of thioether (sulfide) groups is 1. The third-order valence-electron chi connectivity index (χ3n) is 4.19. The van der Waals surface area contributed by atoms with Crippen molar-refractivity contribution in [3.8, 4) is 11.4 Å². The molecule has 0 saturated carbocycles. The number of anilines is 1. The van der Waals surface area contributed by atoms with E-state index in [-0.39, 0.29) is 12.3 Å². The predicted octanol–water partition coefficient (Wildman–Crippen LogP) is 4.71. The molecule has 4 rings (SSSR count). The molecule has 1 amide bonds. The van der Waals surface area contributed by atoms with E-state index >= 15 is 0 Å². The van der Waals surface area contributed by atoms with E-state index in [2.05, 4.69) is 25.5 Å². The molecule has 2 aromatic heterocycles. The summed E-state index contributed by atoms with van der Waals surface area (Å²) in [5.41, 5.74) is 3.80. The Labute approximate surface area is 176 Å². The lowest BCUT2D eigenvalue weighted by Crippen LogP contribution is -2.15. The van der Waals surface area contributed by atoms with E-state index in [4.69, 9.17) is 0 Å². The molecular weight excluding hydrogens is 402 g/mol. The Morgan fingerprint density at radius 3 is 2.72 bits per heavy atom. The van der Waals surface area contributed by atoms with Crippen LogP contribution in [0.1, 0.15) is 16.3 Å². The minimum atomic E-state index is -0.0608. The number of nitrogens with zero attached hydrogens (tertiary/aromatic N) is 3. The van der Waals surface area contributed by atoms with Crippen molar-refractivity contribution < 1.29 is 4.79 Å². The fourth-order valence-corrected chi connectivity index (χ4v) is 4.30. The number of para-hydroxylation sites is 1. The van der Waals surface area contributed by atoms with Gasteiger partial charge < -0.3 is 5.32 Å². The average molecular weight is 422 g/mol. The number of aromatic nitrogens is 4. The highest BCUT2D eigenvalue weighted by Gasteiger charge is 2.11. The molecular formula is C21H19N5OS2. The van der Waals surface area contributed by atoms with E-state index in [0.29, 0.717) is 10.9 Å². The molecule has 8 heteroatoms. The molecule has 0 unspecified atom stereocenters. The number of benzene rings is 2. The number of hydrogen-bond donors (Lipinski definition) is 2. The lowest BCUT2D eigenvalue weighted by molar-refractivity contribution is -0.115. The number of hydrogen-bond acceptors (Lipinski definition) is 6. The zero-order valence-corrected chi connectivity index (χ0v) is 17.4. The summed E-state index contributed by atoms with van der Waals surface area (Å²) in [6, 6.07) is 17.6. The van der Waals surface area contributed by atoms with Gasteiger partial charge in [-0.25, -0.2) is 9.97 Å². The highest BCUT2D eigenvalue weighted by atomic mass is 32.2. The van der Waals surface area contributed by atoms with E-state index in [1.54, 1.807) is 0 Å². The third kappa shape index (κ3) is 5.10. The maximum absolute atomic E-state index is 12.3. The van der Waals surface area contributed by atoms with Crippen molar-refractivity contribution in [3.63, 3.8) is 0 Å². The Morgan fingerprint density at radius 2 is 1.90 bits per heavy atom. The number of carbonyl (C=O) groups excluding carboxylic acids is 1. The number of nitrogens with one attached hydrogen (secondary N) is 2. The molecule has 0 saturated heterocycles. The van der Waals surface area contributed by atoms with Gasteiger partial charge in [0.25, 0.3) is 0 Å². The van der Waals surface area contributed by atoms with Gasteiger partial charge in [-0.15, -0.1) is 16.4 Å². The van der Waals surface area contributed by atoms with Crippen molar-refractivity contribution in [2.75, 3.05) is 5.32 Å². The largest absolute Gasteiger partial charge is 0.325 e. The van der Waals surface area contributed by atoms with Crippen molar-refractivity contribution in [1.82, 2.24) is 20.2 Å². The molecule has 29 heavy (non-hydrogen) atoms. The van der Waals surface area contributed by atoms with Crippen molar-refractivity contribution in [2.45, 2.75) is 24.3 Å². The first-order valence-corrected chi connectivity index (χ1v) is 10.9. The first-order chi connectivity index (χ1) is 14.2. The molecule has 146 valence electrons. The molecule has 0 radical (unpaired) electrons. The molecule has 0 bridgehead atoms. The summed E-state index contributed by atoms with van der Waals surface area (Å²) in [4.78, 5) is 21.4. The Bertz CT molecular complexity index is 1110. The second-order valence-corrected chi connectivity index (χ2v) is 8.28. The summed E-state index contributed by atoms with van der Waals surface area (Å²) in [6.07, 6.45) is 0.266. The fourth-order valence-electron chi connectivity index (χ4n) is 2.72. The topological polar surface area (TPSA) is 83.6 Å². The number of H-pyrrole nitrogens is 1. The molecule has 0 aliphatic heterocycles. The highest BCUT2D eigenvalue weighted by Crippen LogP contribution is 2.23. The van der Waals surface area contributed by atoms with Crippen molar-refractivity contribution in [3.05, 3.63) is 76.2 Å². The fraction of sp³-hybridized carbons (Fsp3) is 0.143. The molecule has 2 heterocycles. The number of thiazole rings is 1. The quantitative estimate of drug-likeness (QED) is 0.422. The highest BCUT2D eigenvalue weighted by molar-refractivity contribution is 7.98. The second kappa shape index (κ2) is 9.02. The number of carbonyl (C=O) groups is 1. The van der Waals surface area contributed by atoms with E-state index in [1.807, 2.05) is 66.9 Å². The number of aryl methyl sites for hydroxylation is 1. The molecule has 6 nitrogen and oxygen atoms in total. The summed E-state index contributed by atoms with van der Waals surface area (Å²) in [5.74, 6) is 1.34. The monoisotopic (exact) mass is 421 g/mol. The first-order valence-electron chi connectivity index (χ1n) is 9.07. The van der Waals surface area contributed by atoms with Gasteiger partial charge in [0.2, 0.25) is 11.1 Å². The maximum Gasteiger partial charge on any atom is 0.231 e. The summed E-state index contributed by atoms with van der Waals surface area (Å²) >= 11 is 3.01. The molecule has 0 aliphatic rings. The number of rotatable bonds is 7. The Hall–Kier alpha value is -2.97.